The van der Waals surface area contributed by atoms with Gasteiger partial charge in [0.15, 0.2) is 6.61 Å². The second-order valence-electron chi connectivity index (χ2n) is 6.34. The second-order valence-corrected chi connectivity index (χ2v) is 9.33. The number of amides is 1. The van der Waals surface area contributed by atoms with Crippen molar-refractivity contribution in [3.63, 3.8) is 0 Å². The Morgan fingerprint density at radius 3 is 2.38 bits per heavy atom. The van der Waals surface area contributed by atoms with Crippen molar-refractivity contribution in [1.82, 2.24) is 10.2 Å². The zero-order chi connectivity index (χ0) is 21.0. The van der Waals surface area contributed by atoms with Crippen molar-refractivity contribution >= 4 is 38.1 Å². The average Bonchev–Trinajstić information content (AvgIpc) is 3.14. The van der Waals surface area contributed by atoms with Gasteiger partial charge in [-0.05, 0) is 31.2 Å². The number of aryl methyl sites for hydroxylation is 1. The van der Waals surface area contributed by atoms with Crippen LogP contribution in [0.3, 0.4) is 0 Å². The summed E-state index contributed by atoms with van der Waals surface area (Å²) in [6.07, 6.45) is 1.12. The van der Waals surface area contributed by atoms with Gasteiger partial charge in [-0.2, -0.15) is 0 Å². The highest BCUT2D eigenvalue weighted by atomic mass is 32.2. The molecule has 0 radical (unpaired) electrons. The molecule has 0 bridgehead atoms. The SMILES string of the molecule is Cc1ccc(-c2nnc(NC(=O)COc3ccc(N(C)S(C)(=O)=O)cc3)s2)cc1. The Morgan fingerprint density at radius 2 is 1.76 bits per heavy atom. The Morgan fingerprint density at radius 1 is 1.10 bits per heavy atom. The van der Waals surface area contributed by atoms with E-state index < -0.39 is 10.0 Å². The third-order valence-electron chi connectivity index (χ3n) is 4.04. The molecule has 1 N–H and O–H groups in total. The van der Waals surface area contributed by atoms with Crippen molar-refractivity contribution in [2.75, 3.05) is 29.5 Å². The lowest BCUT2D eigenvalue weighted by molar-refractivity contribution is -0.118. The highest BCUT2D eigenvalue weighted by Crippen LogP contribution is 2.26. The molecule has 0 fully saturated rings. The van der Waals surface area contributed by atoms with Crippen molar-refractivity contribution in [3.8, 4) is 16.3 Å². The molecule has 0 aliphatic rings. The highest BCUT2D eigenvalue weighted by molar-refractivity contribution is 7.92. The van der Waals surface area contributed by atoms with Crippen molar-refractivity contribution in [1.29, 1.82) is 0 Å². The number of hydrogen-bond acceptors (Lipinski definition) is 7. The smallest absolute Gasteiger partial charge is 0.264 e. The molecule has 0 aliphatic carbocycles. The minimum atomic E-state index is -3.33. The predicted octanol–water partition coefficient (Wildman–Crippen LogP) is 2.93. The number of carbonyl (C=O) groups is 1. The molecular weight excluding hydrogens is 412 g/mol. The molecule has 0 unspecified atom stereocenters. The first kappa shape index (κ1) is 20.7. The van der Waals surface area contributed by atoms with E-state index in [0.29, 0.717) is 21.6 Å². The van der Waals surface area contributed by atoms with Gasteiger partial charge in [-0.3, -0.25) is 14.4 Å². The van der Waals surface area contributed by atoms with Gasteiger partial charge in [-0.15, -0.1) is 10.2 Å². The lowest BCUT2D eigenvalue weighted by atomic mass is 10.2. The zero-order valence-corrected chi connectivity index (χ0v) is 17.8. The number of nitrogens with zero attached hydrogens (tertiary/aromatic N) is 3. The Labute approximate surface area is 173 Å². The van der Waals surface area contributed by atoms with Crippen molar-refractivity contribution in [3.05, 3.63) is 54.1 Å². The van der Waals surface area contributed by atoms with Crippen LogP contribution < -0.4 is 14.4 Å². The second kappa shape index (κ2) is 8.58. The van der Waals surface area contributed by atoms with Crippen LogP contribution in [0.2, 0.25) is 0 Å². The fourth-order valence-electron chi connectivity index (χ4n) is 2.33. The van der Waals surface area contributed by atoms with Crippen LogP contribution in [0.1, 0.15) is 5.56 Å². The maximum Gasteiger partial charge on any atom is 0.264 e. The van der Waals surface area contributed by atoms with Crippen LogP contribution in [0.15, 0.2) is 48.5 Å². The molecule has 0 saturated heterocycles. The van der Waals surface area contributed by atoms with Crippen LogP contribution in [0.4, 0.5) is 10.8 Å². The summed E-state index contributed by atoms with van der Waals surface area (Å²) >= 11 is 1.28. The standard InChI is InChI=1S/C19H20N4O4S2/c1-13-4-6-14(7-5-13)18-21-22-19(28-18)20-17(24)12-27-16-10-8-15(9-11-16)23(2)29(3,25)26/h4-11H,12H2,1-3H3,(H,20,22,24). The average molecular weight is 433 g/mol. The molecule has 1 heterocycles. The summed E-state index contributed by atoms with van der Waals surface area (Å²) in [5.74, 6) is 0.0809. The highest BCUT2D eigenvalue weighted by Gasteiger charge is 2.13. The molecule has 3 aromatic rings. The lowest BCUT2D eigenvalue weighted by Gasteiger charge is -2.16. The molecule has 2 aromatic carbocycles. The van der Waals surface area contributed by atoms with Crippen LogP contribution >= 0.6 is 11.3 Å². The van der Waals surface area contributed by atoms with E-state index in [4.69, 9.17) is 4.74 Å². The Hall–Kier alpha value is -2.98. The van der Waals surface area contributed by atoms with E-state index in [1.807, 2.05) is 31.2 Å². The van der Waals surface area contributed by atoms with Crippen LogP contribution in [0, 0.1) is 6.92 Å². The molecule has 8 nitrogen and oxygen atoms in total. The number of nitrogens with one attached hydrogen (secondary N) is 1. The van der Waals surface area contributed by atoms with E-state index >= 15 is 0 Å². The van der Waals surface area contributed by atoms with E-state index in [1.54, 1.807) is 24.3 Å². The molecule has 29 heavy (non-hydrogen) atoms. The summed E-state index contributed by atoms with van der Waals surface area (Å²) in [6.45, 7) is 1.80. The quantitative estimate of drug-likeness (QED) is 0.616. The van der Waals surface area contributed by atoms with E-state index in [0.717, 1.165) is 21.7 Å². The number of sulfonamides is 1. The first-order valence-electron chi connectivity index (χ1n) is 8.59. The molecule has 152 valence electrons. The van der Waals surface area contributed by atoms with Gasteiger partial charge in [0.2, 0.25) is 15.2 Å². The number of ether oxygens (including phenoxy) is 1. The predicted molar refractivity (Wildman–Crippen MR) is 114 cm³/mol. The lowest BCUT2D eigenvalue weighted by Crippen LogP contribution is -2.24. The van der Waals surface area contributed by atoms with Gasteiger partial charge < -0.3 is 4.74 Å². The fraction of sp³-hybridized carbons (Fsp3) is 0.211. The fourth-order valence-corrected chi connectivity index (χ4v) is 3.60. The Kier molecular flexibility index (Phi) is 6.14. The van der Waals surface area contributed by atoms with Crippen molar-refractivity contribution in [2.24, 2.45) is 0 Å². The first-order valence-corrected chi connectivity index (χ1v) is 11.3. The van der Waals surface area contributed by atoms with Crippen LogP contribution in [-0.4, -0.2) is 44.4 Å². The van der Waals surface area contributed by atoms with E-state index in [-0.39, 0.29) is 12.5 Å². The number of benzene rings is 2. The number of rotatable bonds is 7. The normalized spacial score (nSPS) is 11.1. The van der Waals surface area contributed by atoms with E-state index in [9.17, 15) is 13.2 Å². The van der Waals surface area contributed by atoms with Gasteiger partial charge in [0.05, 0.1) is 11.9 Å². The molecule has 1 aromatic heterocycles. The summed E-state index contributed by atoms with van der Waals surface area (Å²) < 4.78 is 29.7. The minimum absolute atomic E-state index is 0.208. The first-order chi connectivity index (χ1) is 13.7. The van der Waals surface area contributed by atoms with Gasteiger partial charge in [0.1, 0.15) is 10.8 Å². The van der Waals surface area contributed by atoms with Crippen LogP contribution in [0.5, 0.6) is 5.75 Å². The summed E-state index contributed by atoms with van der Waals surface area (Å²) in [5, 5.41) is 11.8. The molecular formula is C19H20N4O4S2. The van der Waals surface area contributed by atoms with Gasteiger partial charge in [0, 0.05) is 12.6 Å². The molecule has 0 aliphatic heterocycles. The minimum Gasteiger partial charge on any atom is -0.484 e. The summed E-state index contributed by atoms with van der Waals surface area (Å²) in [5.41, 5.74) is 2.59. The molecule has 10 heteroatoms. The van der Waals surface area contributed by atoms with Crippen molar-refractivity contribution in [2.45, 2.75) is 6.92 Å². The number of aromatic nitrogens is 2. The monoisotopic (exact) mass is 432 g/mol. The van der Waals surface area contributed by atoms with E-state index in [2.05, 4.69) is 15.5 Å². The maximum atomic E-state index is 12.1. The molecule has 0 saturated carbocycles. The molecule has 0 spiro atoms. The topological polar surface area (TPSA) is 101 Å². The van der Waals surface area contributed by atoms with Crippen molar-refractivity contribution < 1.29 is 17.9 Å². The van der Waals surface area contributed by atoms with Gasteiger partial charge in [0.25, 0.3) is 5.91 Å². The number of carbonyl (C=O) groups excluding carboxylic acids is 1. The maximum absolute atomic E-state index is 12.1. The third-order valence-corrected chi connectivity index (χ3v) is 6.13. The Bertz CT molecular complexity index is 1090. The third kappa shape index (κ3) is 5.52. The largest absolute Gasteiger partial charge is 0.484 e. The van der Waals surface area contributed by atoms with Crippen LogP contribution in [0.25, 0.3) is 10.6 Å². The van der Waals surface area contributed by atoms with Gasteiger partial charge in [-0.25, -0.2) is 8.42 Å². The van der Waals surface area contributed by atoms with Gasteiger partial charge >= 0.3 is 0 Å². The Balaban J connectivity index is 1.54. The summed E-state index contributed by atoms with van der Waals surface area (Å²) in [7, 11) is -1.87. The summed E-state index contributed by atoms with van der Waals surface area (Å²) in [6, 6.07) is 14.3. The molecule has 1 amide bonds. The molecule has 0 atom stereocenters. The zero-order valence-electron chi connectivity index (χ0n) is 16.1. The number of hydrogen-bond donors (Lipinski definition) is 1. The molecule has 3 rings (SSSR count). The van der Waals surface area contributed by atoms with E-state index in [1.165, 1.54) is 18.4 Å². The van der Waals surface area contributed by atoms with Crippen LogP contribution in [-0.2, 0) is 14.8 Å². The van der Waals surface area contributed by atoms with Gasteiger partial charge in [-0.1, -0.05) is 41.2 Å². The number of anilines is 2. The summed E-state index contributed by atoms with van der Waals surface area (Å²) in [4.78, 5) is 12.1.